The highest BCUT2D eigenvalue weighted by molar-refractivity contribution is 6.02. The quantitative estimate of drug-likeness (QED) is 0.321. The minimum Gasteiger partial charge on any atom is -0.342 e. The minimum absolute atomic E-state index is 0.00517. The summed E-state index contributed by atoms with van der Waals surface area (Å²) in [5.74, 6) is 1.10. The fourth-order valence-electron chi connectivity index (χ4n) is 5.33. The van der Waals surface area contributed by atoms with Gasteiger partial charge in [0.05, 0.1) is 17.6 Å². The standard InChI is InChI=1S/C31H30N4O/c1-22-9-2-3-11-25(22)21-35-29-16-7-6-14-28(29)33-31(35)34-19-17-24(18-20-34)30(36)32-27-15-8-12-23-10-4-5-13-26(23)27/h2-16,24H,17-21H2,1H3,(H,32,36). The number of hydrogen-bond acceptors (Lipinski definition) is 3. The van der Waals surface area contributed by atoms with Crippen LogP contribution in [0.4, 0.5) is 11.6 Å². The summed E-state index contributed by atoms with van der Waals surface area (Å²) in [5, 5.41) is 5.42. The highest BCUT2D eigenvalue weighted by Gasteiger charge is 2.28. The average molecular weight is 475 g/mol. The summed E-state index contributed by atoms with van der Waals surface area (Å²) in [6.45, 7) is 4.56. The Hall–Kier alpha value is -4.12. The monoisotopic (exact) mass is 474 g/mol. The van der Waals surface area contributed by atoms with E-state index in [0.717, 1.165) is 65.9 Å². The van der Waals surface area contributed by atoms with Crippen molar-refractivity contribution in [2.45, 2.75) is 26.3 Å². The summed E-state index contributed by atoms with van der Waals surface area (Å²) < 4.78 is 2.33. The van der Waals surface area contributed by atoms with Crippen molar-refractivity contribution in [3.8, 4) is 0 Å². The summed E-state index contributed by atoms with van der Waals surface area (Å²) in [7, 11) is 0. The largest absolute Gasteiger partial charge is 0.342 e. The van der Waals surface area contributed by atoms with Crippen molar-refractivity contribution in [2.75, 3.05) is 23.3 Å². The fraction of sp³-hybridized carbons (Fsp3) is 0.226. The first kappa shape index (κ1) is 22.4. The number of rotatable bonds is 5. The Morgan fingerprint density at radius 1 is 0.889 bits per heavy atom. The Balaban J connectivity index is 1.21. The van der Waals surface area contributed by atoms with E-state index in [1.54, 1.807) is 0 Å². The number of fused-ring (bicyclic) bond motifs is 2. The second kappa shape index (κ2) is 9.50. The summed E-state index contributed by atoms with van der Waals surface area (Å²) >= 11 is 0. The number of para-hydroxylation sites is 2. The van der Waals surface area contributed by atoms with E-state index >= 15 is 0 Å². The number of benzene rings is 4. The van der Waals surface area contributed by atoms with E-state index in [9.17, 15) is 4.79 Å². The molecule has 1 aliphatic rings. The predicted molar refractivity (Wildman–Crippen MR) is 148 cm³/mol. The van der Waals surface area contributed by atoms with Crippen LogP contribution in [0.15, 0.2) is 91.0 Å². The normalized spacial score (nSPS) is 14.4. The molecule has 5 aromatic rings. The second-order valence-electron chi connectivity index (χ2n) is 9.69. The molecule has 5 heteroatoms. The molecule has 1 amide bonds. The summed E-state index contributed by atoms with van der Waals surface area (Å²) in [4.78, 5) is 20.6. The van der Waals surface area contributed by atoms with Crippen molar-refractivity contribution in [2.24, 2.45) is 5.92 Å². The van der Waals surface area contributed by atoms with Gasteiger partial charge in [0.15, 0.2) is 0 Å². The number of piperidine rings is 1. The minimum atomic E-state index is -0.00517. The molecule has 0 atom stereocenters. The van der Waals surface area contributed by atoms with Crippen molar-refractivity contribution in [3.05, 3.63) is 102 Å². The molecule has 1 fully saturated rings. The SMILES string of the molecule is Cc1ccccc1Cn1c(N2CCC(C(=O)Nc3cccc4ccccc34)CC2)nc2ccccc21. The smallest absolute Gasteiger partial charge is 0.227 e. The molecule has 1 aromatic heterocycles. The molecule has 4 aromatic carbocycles. The predicted octanol–water partition coefficient (Wildman–Crippen LogP) is 6.40. The van der Waals surface area contributed by atoms with Gasteiger partial charge in [-0.2, -0.15) is 0 Å². The van der Waals surface area contributed by atoms with E-state index in [-0.39, 0.29) is 11.8 Å². The van der Waals surface area contributed by atoms with E-state index < -0.39 is 0 Å². The molecular weight excluding hydrogens is 444 g/mol. The number of aryl methyl sites for hydroxylation is 1. The highest BCUT2D eigenvalue weighted by Crippen LogP contribution is 2.30. The molecule has 2 heterocycles. The molecule has 1 saturated heterocycles. The lowest BCUT2D eigenvalue weighted by Gasteiger charge is -2.32. The Morgan fingerprint density at radius 3 is 2.47 bits per heavy atom. The molecule has 6 rings (SSSR count). The van der Waals surface area contributed by atoms with Crippen LogP contribution >= 0.6 is 0 Å². The van der Waals surface area contributed by atoms with Crippen LogP contribution in [0.3, 0.4) is 0 Å². The molecule has 1 N–H and O–H groups in total. The molecule has 1 aliphatic heterocycles. The second-order valence-corrected chi connectivity index (χ2v) is 9.69. The Kier molecular flexibility index (Phi) is 5.90. The van der Waals surface area contributed by atoms with Gasteiger partial charge in [-0.25, -0.2) is 4.98 Å². The third-order valence-corrected chi connectivity index (χ3v) is 7.42. The summed E-state index contributed by atoms with van der Waals surface area (Å²) in [6, 6.07) is 31.1. The lowest BCUT2D eigenvalue weighted by atomic mass is 9.95. The molecule has 0 spiro atoms. The first-order chi connectivity index (χ1) is 17.7. The first-order valence-electron chi connectivity index (χ1n) is 12.7. The van der Waals surface area contributed by atoms with E-state index in [1.807, 2.05) is 30.3 Å². The van der Waals surface area contributed by atoms with Gasteiger partial charge in [0.2, 0.25) is 11.9 Å². The first-order valence-corrected chi connectivity index (χ1v) is 12.7. The van der Waals surface area contributed by atoms with Gasteiger partial charge in [0.25, 0.3) is 0 Å². The molecule has 36 heavy (non-hydrogen) atoms. The number of carbonyl (C=O) groups excluding carboxylic acids is 1. The zero-order valence-corrected chi connectivity index (χ0v) is 20.5. The van der Waals surface area contributed by atoms with Gasteiger partial charge in [0, 0.05) is 30.1 Å². The Morgan fingerprint density at radius 2 is 1.61 bits per heavy atom. The van der Waals surface area contributed by atoms with Crippen molar-refractivity contribution in [1.29, 1.82) is 0 Å². The van der Waals surface area contributed by atoms with Crippen LogP contribution in [0.2, 0.25) is 0 Å². The molecule has 0 radical (unpaired) electrons. The van der Waals surface area contributed by atoms with Crippen LogP contribution in [0.25, 0.3) is 21.8 Å². The van der Waals surface area contributed by atoms with Crippen LogP contribution in [-0.2, 0) is 11.3 Å². The van der Waals surface area contributed by atoms with Crippen LogP contribution in [0.1, 0.15) is 24.0 Å². The maximum absolute atomic E-state index is 13.2. The number of carbonyl (C=O) groups is 1. The highest BCUT2D eigenvalue weighted by atomic mass is 16.1. The summed E-state index contributed by atoms with van der Waals surface area (Å²) in [6.07, 6.45) is 1.62. The molecule has 5 nitrogen and oxygen atoms in total. The molecule has 0 saturated carbocycles. The van der Waals surface area contributed by atoms with Crippen molar-refractivity contribution in [3.63, 3.8) is 0 Å². The van der Waals surface area contributed by atoms with E-state index in [2.05, 4.69) is 82.4 Å². The van der Waals surface area contributed by atoms with Crippen LogP contribution in [0.5, 0.6) is 0 Å². The van der Waals surface area contributed by atoms with E-state index in [4.69, 9.17) is 4.98 Å². The van der Waals surface area contributed by atoms with Gasteiger partial charge in [0.1, 0.15) is 0 Å². The zero-order valence-electron chi connectivity index (χ0n) is 20.5. The van der Waals surface area contributed by atoms with Gasteiger partial charge < -0.3 is 14.8 Å². The Bertz CT molecular complexity index is 1540. The Labute approximate surface area is 211 Å². The maximum atomic E-state index is 13.2. The number of nitrogens with zero attached hydrogens (tertiary/aromatic N) is 3. The third kappa shape index (κ3) is 4.22. The fourth-order valence-corrected chi connectivity index (χ4v) is 5.33. The van der Waals surface area contributed by atoms with Crippen molar-refractivity contribution < 1.29 is 4.79 Å². The number of nitrogens with one attached hydrogen (secondary N) is 1. The van der Waals surface area contributed by atoms with Gasteiger partial charge >= 0.3 is 0 Å². The third-order valence-electron chi connectivity index (χ3n) is 7.42. The van der Waals surface area contributed by atoms with Gasteiger partial charge in [-0.15, -0.1) is 0 Å². The van der Waals surface area contributed by atoms with E-state index in [0.29, 0.717) is 0 Å². The summed E-state index contributed by atoms with van der Waals surface area (Å²) in [5.41, 5.74) is 5.63. The van der Waals surface area contributed by atoms with Crippen LogP contribution in [-0.4, -0.2) is 28.5 Å². The number of anilines is 2. The number of imidazole rings is 1. The molecule has 0 aliphatic carbocycles. The lowest BCUT2D eigenvalue weighted by Crippen LogP contribution is -2.39. The van der Waals surface area contributed by atoms with E-state index in [1.165, 1.54) is 11.1 Å². The number of amides is 1. The van der Waals surface area contributed by atoms with Crippen molar-refractivity contribution in [1.82, 2.24) is 9.55 Å². The molecular formula is C31H30N4O. The molecule has 0 unspecified atom stereocenters. The van der Waals surface area contributed by atoms with Crippen molar-refractivity contribution >= 4 is 39.3 Å². The average Bonchev–Trinajstić information content (AvgIpc) is 3.28. The maximum Gasteiger partial charge on any atom is 0.227 e. The topological polar surface area (TPSA) is 50.2 Å². The lowest BCUT2D eigenvalue weighted by molar-refractivity contribution is -0.120. The molecule has 180 valence electrons. The van der Waals surface area contributed by atoms with Gasteiger partial charge in [-0.3, -0.25) is 4.79 Å². The molecule has 0 bridgehead atoms. The van der Waals surface area contributed by atoms with Gasteiger partial charge in [-0.05, 0) is 54.5 Å². The zero-order chi connectivity index (χ0) is 24.5. The number of aromatic nitrogens is 2. The number of hydrogen-bond donors (Lipinski definition) is 1. The van der Waals surface area contributed by atoms with Crippen LogP contribution in [0, 0.1) is 12.8 Å². The van der Waals surface area contributed by atoms with Crippen LogP contribution < -0.4 is 10.2 Å². The van der Waals surface area contributed by atoms with Gasteiger partial charge in [-0.1, -0.05) is 72.8 Å².